The van der Waals surface area contributed by atoms with Crippen LogP contribution >= 0.6 is 11.6 Å². The van der Waals surface area contributed by atoms with Gasteiger partial charge in [-0.05, 0) is 48.6 Å². The summed E-state index contributed by atoms with van der Waals surface area (Å²) in [6.45, 7) is 3.06. The molecule has 0 aromatic heterocycles. The fraction of sp³-hybridized carbons (Fsp3) is 0.462. The van der Waals surface area contributed by atoms with Crippen molar-refractivity contribution in [2.24, 2.45) is 0 Å². The Labute approximate surface area is 208 Å². The predicted octanol–water partition coefficient (Wildman–Crippen LogP) is 2.70. The number of aliphatic hydroxyl groups is 3. The van der Waals surface area contributed by atoms with Crippen molar-refractivity contribution < 1.29 is 34.3 Å². The highest BCUT2D eigenvalue weighted by Gasteiger charge is 2.67. The van der Waals surface area contributed by atoms with Crippen molar-refractivity contribution in [3.63, 3.8) is 0 Å². The van der Waals surface area contributed by atoms with Gasteiger partial charge in [0.1, 0.15) is 24.9 Å². The average molecular weight is 504 g/mol. The van der Waals surface area contributed by atoms with Crippen molar-refractivity contribution in [3.8, 4) is 0 Å². The Morgan fingerprint density at radius 2 is 1.89 bits per heavy atom. The number of benzene rings is 2. The van der Waals surface area contributed by atoms with E-state index in [1.54, 1.807) is 25.1 Å². The number of carbonyl (C=O) groups excluding carboxylic acids is 1. The van der Waals surface area contributed by atoms with E-state index in [2.05, 4.69) is 0 Å². The molecular weight excluding hydrogens is 474 g/mol. The van der Waals surface area contributed by atoms with Gasteiger partial charge in [0.2, 0.25) is 5.79 Å². The van der Waals surface area contributed by atoms with E-state index in [1.165, 1.54) is 0 Å². The third-order valence-corrected chi connectivity index (χ3v) is 6.99. The van der Waals surface area contributed by atoms with Crippen LogP contribution in [0, 0.1) is 5.41 Å². The fourth-order valence-electron chi connectivity index (χ4n) is 4.56. The van der Waals surface area contributed by atoms with E-state index in [0.29, 0.717) is 29.1 Å². The summed E-state index contributed by atoms with van der Waals surface area (Å²) in [5.41, 5.74) is 1.91. The van der Waals surface area contributed by atoms with E-state index >= 15 is 0 Å². The highest BCUT2D eigenvalue weighted by atomic mass is 35.5. The molecule has 2 fully saturated rings. The predicted molar refractivity (Wildman–Crippen MR) is 129 cm³/mol. The van der Waals surface area contributed by atoms with Crippen LogP contribution in [0.5, 0.6) is 0 Å². The van der Waals surface area contributed by atoms with E-state index in [9.17, 15) is 20.1 Å². The van der Waals surface area contributed by atoms with Crippen LogP contribution in [0.25, 0.3) is 0 Å². The normalized spacial score (nSPS) is 29.7. The van der Waals surface area contributed by atoms with Gasteiger partial charge in [-0.25, -0.2) is 0 Å². The van der Waals surface area contributed by atoms with Gasteiger partial charge in [-0.3, -0.25) is 4.79 Å². The van der Waals surface area contributed by atoms with Crippen molar-refractivity contribution in [1.82, 2.24) is 0 Å². The highest BCUT2D eigenvalue weighted by Crippen LogP contribution is 2.50. The highest BCUT2D eigenvalue weighted by molar-refractivity contribution is 6.31. The molecule has 4 N–H and O–H groups in total. The van der Waals surface area contributed by atoms with Crippen LogP contribution in [0.15, 0.2) is 42.5 Å². The maximum absolute atomic E-state index is 11.9. The zero-order valence-corrected chi connectivity index (χ0v) is 20.4. The monoisotopic (exact) mass is 503 g/mol. The Bertz CT molecular complexity index is 1110. The van der Waals surface area contributed by atoms with Gasteiger partial charge in [0.15, 0.2) is 5.60 Å². The maximum Gasteiger partial charge on any atom is 0.305 e. The Balaban J connectivity index is 1.63. The lowest BCUT2D eigenvalue weighted by molar-refractivity contribution is -0.330. The van der Waals surface area contributed by atoms with Crippen molar-refractivity contribution in [3.05, 3.63) is 69.7 Å². The molecule has 0 radical (unpaired) electrons. The second kappa shape index (κ2) is 9.97. The summed E-state index contributed by atoms with van der Waals surface area (Å²) < 4.78 is 17.4. The van der Waals surface area contributed by atoms with Gasteiger partial charge in [-0.15, -0.1) is 0 Å². The zero-order valence-electron chi connectivity index (χ0n) is 19.7. The number of rotatable bonds is 8. The molecule has 0 saturated carbocycles. The lowest BCUT2D eigenvalue weighted by Gasteiger charge is -2.46. The largest absolute Gasteiger partial charge is 0.462 e. The molecule has 0 spiro atoms. The van der Waals surface area contributed by atoms with Crippen LogP contribution in [-0.4, -0.2) is 64.1 Å². The van der Waals surface area contributed by atoms with Crippen LogP contribution < -0.4 is 0 Å². The van der Waals surface area contributed by atoms with Gasteiger partial charge in [0.25, 0.3) is 0 Å². The summed E-state index contributed by atoms with van der Waals surface area (Å²) in [6, 6.07) is 12.6. The number of nitrogens with one attached hydrogen (secondary N) is 1. The van der Waals surface area contributed by atoms with E-state index in [4.69, 9.17) is 31.2 Å². The molecule has 8 nitrogen and oxygen atoms in total. The molecule has 2 aliphatic heterocycles. The van der Waals surface area contributed by atoms with Gasteiger partial charge in [-0.2, -0.15) is 0 Å². The second-order valence-corrected chi connectivity index (χ2v) is 9.63. The zero-order chi connectivity index (χ0) is 25.4. The van der Waals surface area contributed by atoms with Crippen LogP contribution in [0.4, 0.5) is 0 Å². The molecule has 9 heteroatoms. The van der Waals surface area contributed by atoms with E-state index in [-0.39, 0.29) is 19.6 Å². The molecule has 2 heterocycles. The molecule has 2 saturated heterocycles. The third kappa shape index (κ3) is 4.74. The molecule has 0 unspecified atom stereocenters. The standard InChI is InChI=1S/C26H30ClNO7/c1-3-4-21(29)33-13-25-14-34-26(35-25,24(32)22(30)23(25)31)19-9-10-20(27)18(12-19)11-16-5-7-17(8-6-16)15(2)28/h5-10,12,22-24,28,30-32H,3-4,11,13-14H2,1-2H3/t22-,23-,24+,25-,26-/m0/s1. The summed E-state index contributed by atoms with van der Waals surface area (Å²) in [4.78, 5) is 11.9. The Morgan fingerprint density at radius 3 is 2.54 bits per heavy atom. The second-order valence-electron chi connectivity index (χ2n) is 9.22. The molecule has 188 valence electrons. The van der Waals surface area contributed by atoms with Crippen LogP contribution in [0.3, 0.4) is 0 Å². The molecule has 4 rings (SSSR count). The first kappa shape index (κ1) is 25.8. The topological polar surface area (TPSA) is 129 Å². The Morgan fingerprint density at radius 1 is 1.17 bits per heavy atom. The van der Waals surface area contributed by atoms with Crippen molar-refractivity contribution in [2.75, 3.05) is 13.2 Å². The molecule has 35 heavy (non-hydrogen) atoms. The van der Waals surface area contributed by atoms with Crippen LogP contribution in [0.1, 0.15) is 48.9 Å². The first-order valence-electron chi connectivity index (χ1n) is 11.6. The SMILES string of the molecule is CCCC(=O)OC[C@@]12CO[C@@](c3ccc(Cl)c(Cc4ccc(C(C)=N)cc4)c3)(O1)[C@H](O)[C@@H](O)[C@@H]2O. The molecule has 0 amide bonds. The molecule has 5 atom stereocenters. The summed E-state index contributed by atoms with van der Waals surface area (Å²) in [7, 11) is 0. The molecule has 2 aromatic rings. The quantitative estimate of drug-likeness (QED) is 0.322. The van der Waals surface area contributed by atoms with E-state index in [1.807, 2.05) is 31.2 Å². The van der Waals surface area contributed by atoms with Crippen LogP contribution in [0.2, 0.25) is 5.02 Å². The lowest BCUT2D eigenvalue weighted by atomic mass is 9.83. The Kier molecular flexibility index (Phi) is 7.33. The minimum absolute atomic E-state index is 0.190. The van der Waals surface area contributed by atoms with Crippen LogP contribution in [-0.2, 0) is 31.2 Å². The average Bonchev–Trinajstić information content (AvgIpc) is 3.22. The smallest absolute Gasteiger partial charge is 0.305 e. The number of fused-ring (bicyclic) bond motifs is 2. The number of ether oxygens (including phenoxy) is 3. The summed E-state index contributed by atoms with van der Waals surface area (Å²) >= 11 is 6.47. The minimum atomic E-state index is -1.77. The molecule has 2 aliphatic rings. The molecule has 2 aromatic carbocycles. The minimum Gasteiger partial charge on any atom is -0.462 e. The first-order valence-corrected chi connectivity index (χ1v) is 12.0. The van der Waals surface area contributed by atoms with Crippen molar-refractivity contribution in [1.29, 1.82) is 5.41 Å². The first-order chi connectivity index (χ1) is 16.6. The number of hydrogen-bond donors (Lipinski definition) is 4. The number of carbonyl (C=O) groups is 1. The number of halogens is 1. The molecule has 0 aliphatic carbocycles. The summed E-state index contributed by atoms with van der Waals surface area (Å²) in [5.74, 6) is -2.22. The Hall–Kier alpha value is -2.33. The third-order valence-electron chi connectivity index (χ3n) is 6.62. The van der Waals surface area contributed by atoms with Gasteiger partial charge in [-0.1, -0.05) is 48.9 Å². The van der Waals surface area contributed by atoms with Gasteiger partial charge in [0, 0.05) is 22.7 Å². The van der Waals surface area contributed by atoms with E-state index < -0.39 is 35.7 Å². The number of esters is 1. The fourth-order valence-corrected chi connectivity index (χ4v) is 4.74. The maximum atomic E-state index is 11.9. The lowest BCUT2D eigenvalue weighted by Crippen LogP contribution is -2.65. The van der Waals surface area contributed by atoms with Gasteiger partial charge in [0.05, 0.1) is 6.61 Å². The van der Waals surface area contributed by atoms with Crippen molar-refractivity contribution in [2.45, 2.75) is 62.8 Å². The summed E-state index contributed by atoms with van der Waals surface area (Å²) in [6.07, 6.45) is -3.42. The number of aliphatic hydroxyl groups excluding tert-OH is 3. The molecular formula is C26H30ClNO7. The number of hydrogen-bond acceptors (Lipinski definition) is 8. The molecule has 2 bridgehead atoms. The van der Waals surface area contributed by atoms with Gasteiger partial charge < -0.3 is 34.9 Å². The van der Waals surface area contributed by atoms with Crippen molar-refractivity contribution >= 4 is 23.3 Å². The van der Waals surface area contributed by atoms with E-state index in [0.717, 1.165) is 16.7 Å². The van der Waals surface area contributed by atoms with Gasteiger partial charge >= 0.3 is 5.97 Å². The summed E-state index contributed by atoms with van der Waals surface area (Å²) in [5, 5.41) is 40.6.